The van der Waals surface area contributed by atoms with Crippen molar-refractivity contribution < 1.29 is 28.6 Å². The molecule has 398 valence electrons. The molecule has 2 unspecified atom stereocenters. The number of hydrogen-bond acceptors (Lipinski definition) is 6. The zero-order valence-corrected chi connectivity index (χ0v) is 46.2. The molecule has 0 saturated heterocycles. The van der Waals surface area contributed by atoms with Crippen molar-refractivity contribution >= 4 is 17.9 Å². The van der Waals surface area contributed by atoms with Crippen LogP contribution in [0.25, 0.3) is 0 Å². The van der Waals surface area contributed by atoms with E-state index in [1.807, 2.05) is 0 Å². The highest BCUT2D eigenvalue weighted by Gasteiger charge is 2.19. The Hall–Kier alpha value is -1.59. The molecular weight excluding hydrogens is 829 g/mol. The van der Waals surface area contributed by atoms with Crippen LogP contribution in [-0.2, 0) is 28.6 Å². The molecule has 0 bridgehead atoms. The molecule has 6 nitrogen and oxygen atoms in total. The first-order valence-corrected chi connectivity index (χ1v) is 30.2. The second-order valence-corrected chi connectivity index (χ2v) is 21.9. The van der Waals surface area contributed by atoms with Crippen LogP contribution in [0.4, 0.5) is 0 Å². The van der Waals surface area contributed by atoms with Crippen molar-refractivity contribution in [1.29, 1.82) is 0 Å². The third-order valence-electron chi connectivity index (χ3n) is 14.6. The average Bonchev–Trinajstić information content (AvgIpc) is 3.31. The summed E-state index contributed by atoms with van der Waals surface area (Å²) in [5.41, 5.74) is 0. The van der Waals surface area contributed by atoms with Gasteiger partial charge in [0.25, 0.3) is 0 Å². The average molecular weight is 948 g/mol. The highest BCUT2D eigenvalue weighted by molar-refractivity contribution is 5.71. The van der Waals surface area contributed by atoms with Gasteiger partial charge in [0, 0.05) is 19.3 Å². The summed E-state index contributed by atoms with van der Waals surface area (Å²) in [7, 11) is 0. The molecule has 0 fully saturated rings. The highest BCUT2D eigenvalue weighted by atomic mass is 16.6. The molecule has 0 aliphatic carbocycles. The molecule has 0 spiro atoms. The summed E-state index contributed by atoms with van der Waals surface area (Å²) in [6, 6.07) is 0. The Morgan fingerprint density at radius 2 is 0.522 bits per heavy atom. The minimum absolute atomic E-state index is 0.0643. The van der Waals surface area contributed by atoms with E-state index in [1.165, 1.54) is 218 Å². The first-order chi connectivity index (χ1) is 32.7. The van der Waals surface area contributed by atoms with Gasteiger partial charge in [0.1, 0.15) is 13.2 Å². The Morgan fingerprint density at radius 1 is 0.299 bits per heavy atom. The van der Waals surface area contributed by atoms with Gasteiger partial charge in [0.15, 0.2) is 6.10 Å². The van der Waals surface area contributed by atoms with Crippen molar-refractivity contribution in [3.8, 4) is 0 Å². The van der Waals surface area contributed by atoms with E-state index in [9.17, 15) is 14.4 Å². The fourth-order valence-electron chi connectivity index (χ4n) is 9.29. The lowest BCUT2D eigenvalue weighted by Crippen LogP contribution is -2.30. The maximum absolute atomic E-state index is 12.8. The van der Waals surface area contributed by atoms with E-state index >= 15 is 0 Å². The monoisotopic (exact) mass is 947 g/mol. The Kier molecular flexibility index (Phi) is 51.0. The maximum Gasteiger partial charge on any atom is 0.306 e. The zero-order valence-electron chi connectivity index (χ0n) is 46.2. The van der Waals surface area contributed by atoms with Gasteiger partial charge in [-0.1, -0.05) is 298 Å². The van der Waals surface area contributed by atoms with Crippen LogP contribution in [-0.4, -0.2) is 37.2 Å². The smallest absolute Gasteiger partial charge is 0.306 e. The van der Waals surface area contributed by atoms with Gasteiger partial charge in [-0.3, -0.25) is 14.4 Å². The number of carbonyl (C=O) groups is 3. The minimum Gasteiger partial charge on any atom is -0.462 e. The molecule has 0 saturated carbocycles. The van der Waals surface area contributed by atoms with Gasteiger partial charge >= 0.3 is 17.9 Å². The van der Waals surface area contributed by atoms with Gasteiger partial charge in [-0.25, -0.2) is 0 Å². The van der Waals surface area contributed by atoms with Gasteiger partial charge in [0.2, 0.25) is 0 Å². The Labute approximate surface area is 418 Å². The van der Waals surface area contributed by atoms with Crippen molar-refractivity contribution in [2.24, 2.45) is 17.8 Å². The van der Waals surface area contributed by atoms with E-state index in [0.717, 1.165) is 75.5 Å². The molecule has 67 heavy (non-hydrogen) atoms. The van der Waals surface area contributed by atoms with E-state index in [1.54, 1.807) is 0 Å². The predicted molar refractivity (Wildman–Crippen MR) is 289 cm³/mol. The number of unbranched alkanes of at least 4 members (excludes halogenated alkanes) is 35. The summed E-state index contributed by atoms with van der Waals surface area (Å²) in [5.74, 6) is 1.72. The second kappa shape index (κ2) is 52.2. The Balaban J connectivity index is 4.19. The van der Waals surface area contributed by atoms with E-state index in [4.69, 9.17) is 14.2 Å². The van der Waals surface area contributed by atoms with E-state index < -0.39 is 6.10 Å². The van der Waals surface area contributed by atoms with Crippen LogP contribution in [0, 0.1) is 17.8 Å². The fourth-order valence-corrected chi connectivity index (χ4v) is 9.29. The molecule has 0 aliphatic rings. The molecule has 0 aromatic heterocycles. The normalized spacial score (nSPS) is 12.9. The van der Waals surface area contributed by atoms with Crippen molar-refractivity contribution in [3.05, 3.63) is 0 Å². The van der Waals surface area contributed by atoms with Crippen LogP contribution in [0.3, 0.4) is 0 Å². The van der Waals surface area contributed by atoms with Crippen molar-refractivity contribution in [3.63, 3.8) is 0 Å². The van der Waals surface area contributed by atoms with Crippen LogP contribution in [0.5, 0.6) is 0 Å². The third-order valence-corrected chi connectivity index (χ3v) is 14.6. The van der Waals surface area contributed by atoms with Gasteiger partial charge < -0.3 is 14.2 Å². The lowest BCUT2D eigenvalue weighted by atomic mass is 9.99. The molecule has 0 heterocycles. The van der Waals surface area contributed by atoms with E-state index in [0.29, 0.717) is 19.3 Å². The summed E-state index contributed by atoms with van der Waals surface area (Å²) in [6.07, 6.45) is 55.3. The van der Waals surface area contributed by atoms with Crippen LogP contribution in [0.1, 0.15) is 337 Å². The lowest BCUT2D eigenvalue weighted by Gasteiger charge is -2.18. The first-order valence-electron chi connectivity index (χ1n) is 30.2. The van der Waals surface area contributed by atoms with E-state index in [-0.39, 0.29) is 31.1 Å². The fraction of sp³-hybridized carbons (Fsp3) is 0.951. The highest BCUT2D eigenvalue weighted by Crippen LogP contribution is 2.19. The molecule has 0 radical (unpaired) electrons. The topological polar surface area (TPSA) is 78.9 Å². The van der Waals surface area contributed by atoms with Gasteiger partial charge in [-0.05, 0) is 37.0 Å². The molecule has 0 rings (SSSR count). The summed E-state index contributed by atoms with van der Waals surface area (Å²) in [6.45, 7) is 13.8. The molecule has 3 atom stereocenters. The molecule has 0 aromatic rings. The molecule has 0 amide bonds. The summed E-state index contributed by atoms with van der Waals surface area (Å²) >= 11 is 0. The quantitative estimate of drug-likeness (QED) is 0.0343. The van der Waals surface area contributed by atoms with E-state index in [2.05, 4.69) is 41.5 Å². The molecule has 0 aromatic carbocycles. The number of rotatable bonds is 54. The summed E-state index contributed by atoms with van der Waals surface area (Å²) in [4.78, 5) is 38.1. The molecular formula is C61H118O6. The number of hydrogen-bond donors (Lipinski definition) is 0. The third kappa shape index (κ3) is 52.1. The van der Waals surface area contributed by atoms with Gasteiger partial charge in [-0.2, -0.15) is 0 Å². The molecule has 0 N–H and O–H groups in total. The number of esters is 3. The van der Waals surface area contributed by atoms with Crippen LogP contribution in [0.2, 0.25) is 0 Å². The van der Waals surface area contributed by atoms with Gasteiger partial charge in [-0.15, -0.1) is 0 Å². The second-order valence-electron chi connectivity index (χ2n) is 21.9. The van der Waals surface area contributed by atoms with Crippen LogP contribution < -0.4 is 0 Å². The van der Waals surface area contributed by atoms with Crippen LogP contribution >= 0.6 is 0 Å². The maximum atomic E-state index is 12.8. The standard InChI is InChI=1S/C61H118O6/c1-7-56(5)48-42-36-30-26-22-18-15-16-20-24-28-32-39-45-51-60(63)66-54-58(67-61(64)52-46-40-34-33-37-43-49-57(6)8-2)53-65-59(62)50-44-38-31-27-23-19-14-12-10-9-11-13-17-21-25-29-35-41-47-55(3)4/h55-58H,7-54H2,1-6H3/t56?,57?,58-/m0/s1. The summed E-state index contributed by atoms with van der Waals surface area (Å²) < 4.78 is 16.9. The van der Waals surface area contributed by atoms with Crippen molar-refractivity contribution in [2.45, 2.75) is 343 Å². The molecule has 0 aliphatic heterocycles. The summed E-state index contributed by atoms with van der Waals surface area (Å²) in [5, 5.41) is 0. The van der Waals surface area contributed by atoms with Crippen LogP contribution in [0.15, 0.2) is 0 Å². The van der Waals surface area contributed by atoms with Crippen molar-refractivity contribution in [2.75, 3.05) is 13.2 Å². The van der Waals surface area contributed by atoms with Gasteiger partial charge in [0.05, 0.1) is 0 Å². The first kappa shape index (κ1) is 65.4. The molecule has 6 heteroatoms. The van der Waals surface area contributed by atoms with Crippen molar-refractivity contribution in [1.82, 2.24) is 0 Å². The largest absolute Gasteiger partial charge is 0.462 e. The SMILES string of the molecule is CCC(C)CCCCCCCCCCCCCCCCC(=O)OC[C@H](COC(=O)CCCCCCCCCCCCCCCCCCCCC(C)C)OC(=O)CCCCCCCCC(C)CC. The Morgan fingerprint density at radius 3 is 0.776 bits per heavy atom. The zero-order chi connectivity index (χ0) is 49.1. The minimum atomic E-state index is -0.764. The number of carbonyl (C=O) groups excluding carboxylic acids is 3. The predicted octanol–water partition coefficient (Wildman–Crippen LogP) is 19.9. The number of ether oxygens (including phenoxy) is 3. The lowest BCUT2D eigenvalue weighted by molar-refractivity contribution is -0.167. The Bertz CT molecular complexity index is 1040.